The van der Waals surface area contributed by atoms with Gasteiger partial charge in [-0.2, -0.15) is 0 Å². The third-order valence-corrected chi connectivity index (χ3v) is 6.52. The first-order chi connectivity index (χ1) is 10.3. The van der Waals surface area contributed by atoms with Crippen molar-refractivity contribution in [2.45, 2.75) is 51.3 Å². The second-order valence-electron chi connectivity index (χ2n) is 7.91. The Morgan fingerprint density at radius 3 is 2.48 bits per heavy atom. The second-order valence-corrected chi connectivity index (χ2v) is 7.91. The van der Waals surface area contributed by atoms with E-state index in [2.05, 4.69) is 20.8 Å². The van der Waals surface area contributed by atoms with Gasteiger partial charge in [-0.25, -0.2) is 4.39 Å². The fraction of sp³-hybridized carbons (Fsp3) is 0.647. The second kappa shape index (κ2) is 5.45. The van der Waals surface area contributed by atoms with E-state index >= 15 is 0 Å². The first-order valence-electron chi connectivity index (χ1n) is 8.16. The number of rotatable bonds is 2. The lowest BCUT2D eigenvalue weighted by molar-refractivity contribution is -0.199. The fourth-order valence-corrected chi connectivity index (χ4v) is 4.89. The van der Waals surface area contributed by atoms with Gasteiger partial charge >= 0.3 is 7.12 Å². The number of nitrogens with two attached hydrogens (primary N) is 1. The van der Waals surface area contributed by atoms with Gasteiger partial charge in [0.1, 0.15) is 5.82 Å². The molecule has 3 nitrogen and oxygen atoms in total. The van der Waals surface area contributed by atoms with Crippen LogP contribution >= 0.6 is 12.4 Å². The van der Waals surface area contributed by atoms with Gasteiger partial charge in [-0.15, -0.1) is 12.4 Å². The Hall–Kier alpha value is -0.615. The summed E-state index contributed by atoms with van der Waals surface area (Å²) in [5, 5.41) is 0. The third kappa shape index (κ3) is 2.36. The normalized spacial score (nSPS) is 38.3. The van der Waals surface area contributed by atoms with E-state index in [0.29, 0.717) is 11.3 Å². The quantitative estimate of drug-likeness (QED) is 0.839. The summed E-state index contributed by atoms with van der Waals surface area (Å²) in [6, 6.07) is 6.28. The van der Waals surface area contributed by atoms with Crippen LogP contribution in [0, 0.1) is 23.1 Å². The average molecular weight is 340 g/mol. The Morgan fingerprint density at radius 1 is 1.22 bits per heavy atom. The molecule has 6 heteroatoms. The summed E-state index contributed by atoms with van der Waals surface area (Å²) in [6.45, 7) is 6.85. The van der Waals surface area contributed by atoms with Crippen LogP contribution in [0.4, 0.5) is 4.39 Å². The Balaban J connectivity index is 0.00000156. The molecule has 3 saturated carbocycles. The van der Waals surface area contributed by atoms with E-state index in [1.54, 1.807) is 12.1 Å². The molecule has 2 N–H and O–H groups in total. The molecule has 0 unspecified atom stereocenters. The van der Waals surface area contributed by atoms with Crippen molar-refractivity contribution in [1.29, 1.82) is 0 Å². The third-order valence-electron chi connectivity index (χ3n) is 6.52. The van der Waals surface area contributed by atoms with Crippen LogP contribution in [0.25, 0.3) is 0 Å². The van der Waals surface area contributed by atoms with Crippen LogP contribution in [-0.4, -0.2) is 18.8 Å². The van der Waals surface area contributed by atoms with Crippen LogP contribution in [0.3, 0.4) is 0 Å². The molecule has 4 aliphatic rings. The zero-order valence-electron chi connectivity index (χ0n) is 13.8. The summed E-state index contributed by atoms with van der Waals surface area (Å²) in [4.78, 5) is 0. The maximum atomic E-state index is 13.1. The summed E-state index contributed by atoms with van der Waals surface area (Å²) >= 11 is 0. The zero-order chi connectivity index (χ0) is 15.7. The van der Waals surface area contributed by atoms with E-state index in [-0.39, 0.29) is 35.9 Å². The largest absolute Gasteiger partial charge is 0.480 e. The molecule has 5 rings (SSSR count). The summed E-state index contributed by atoms with van der Waals surface area (Å²) in [7, 11) is -0.449. The topological polar surface area (TPSA) is 44.5 Å². The molecular formula is C17H24BClFNO2. The van der Waals surface area contributed by atoms with E-state index in [0.717, 1.165) is 17.9 Å². The van der Waals surface area contributed by atoms with Crippen LogP contribution in [-0.2, 0) is 9.31 Å². The predicted octanol–water partition coefficient (Wildman–Crippen LogP) is 3.51. The zero-order valence-corrected chi connectivity index (χ0v) is 14.6. The monoisotopic (exact) mass is 339 g/mol. The SMILES string of the molecule is CC1(C)[C@@H]2C[C@H]3OB([C@@H](N)c4ccc(F)cc4)O[C@@]3(C)[C@H]1C2.Cl. The molecular weight excluding hydrogens is 315 g/mol. The van der Waals surface area contributed by atoms with Crippen molar-refractivity contribution in [3.05, 3.63) is 35.6 Å². The molecule has 2 bridgehead atoms. The molecule has 4 fully saturated rings. The van der Waals surface area contributed by atoms with Crippen LogP contribution in [0.2, 0.25) is 0 Å². The molecule has 1 aromatic carbocycles. The molecule has 1 aromatic rings. The maximum Gasteiger partial charge on any atom is 0.480 e. The average Bonchev–Trinajstić information content (AvgIpc) is 2.84. The first kappa shape index (κ1) is 17.2. The van der Waals surface area contributed by atoms with Crippen LogP contribution < -0.4 is 5.73 Å². The van der Waals surface area contributed by atoms with Crippen molar-refractivity contribution in [2.75, 3.05) is 0 Å². The van der Waals surface area contributed by atoms with Gasteiger partial charge < -0.3 is 15.0 Å². The highest BCUT2D eigenvalue weighted by molar-refractivity contribution is 6.47. The lowest BCUT2D eigenvalue weighted by Gasteiger charge is -2.64. The standard InChI is InChI=1S/C17H23BFNO2.ClH/c1-16(2)11-8-13(16)17(3)14(9-11)21-18(22-17)15(20)10-4-6-12(19)7-5-10;/h4-7,11,13-15H,8-9,20H2,1-3H3;1H/t11-,13-,14+,15-,17-;/m0./s1. The molecule has 0 spiro atoms. The van der Waals surface area contributed by atoms with Crippen LogP contribution in [0.15, 0.2) is 24.3 Å². The smallest absolute Gasteiger partial charge is 0.404 e. The number of halogens is 2. The molecule has 126 valence electrons. The van der Waals surface area contributed by atoms with Gasteiger partial charge in [-0.1, -0.05) is 26.0 Å². The van der Waals surface area contributed by atoms with Gasteiger partial charge in [-0.3, -0.25) is 0 Å². The molecule has 3 aliphatic carbocycles. The van der Waals surface area contributed by atoms with Crippen molar-refractivity contribution in [1.82, 2.24) is 0 Å². The van der Waals surface area contributed by atoms with Crippen molar-refractivity contribution < 1.29 is 13.7 Å². The summed E-state index contributed by atoms with van der Waals surface area (Å²) in [5.74, 6) is 0.602. The summed E-state index contributed by atoms with van der Waals surface area (Å²) < 4.78 is 25.6. The minimum atomic E-state index is -0.449. The minimum Gasteiger partial charge on any atom is -0.404 e. The van der Waals surface area contributed by atoms with E-state index in [4.69, 9.17) is 15.0 Å². The Kier molecular flexibility index (Phi) is 4.08. The summed E-state index contributed by atoms with van der Waals surface area (Å²) in [6.07, 6.45) is 2.40. The van der Waals surface area contributed by atoms with Gasteiger partial charge in [0.15, 0.2) is 0 Å². The van der Waals surface area contributed by atoms with Gasteiger partial charge in [0.05, 0.1) is 17.6 Å². The molecule has 0 aromatic heterocycles. The van der Waals surface area contributed by atoms with Gasteiger partial charge in [0, 0.05) is 0 Å². The maximum absolute atomic E-state index is 13.1. The Bertz CT molecular complexity index is 599. The molecule has 5 atom stereocenters. The predicted molar refractivity (Wildman–Crippen MR) is 90.7 cm³/mol. The number of hydrogen-bond donors (Lipinski definition) is 1. The number of hydrogen-bond acceptors (Lipinski definition) is 3. The van der Waals surface area contributed by atoms with Crippen molar-refractivity contribution in [2.24, 2.45) is 23.0 Å². The number of benzene rings is 1. The van der Waals surface area contributed by atoms with Gasteiger partial charge in [-0.05, 0) is 54.7 Å². The Labute approximate surface area is 143 Å². The molecule has 23 heavy (non-hydrogen) atoms. The molecule has 0 radical (unpaired) electrons. The molecule has 1 aliphatic heterocycles. The van der Waals surface area contributed by atoms with E-state index in [1.807, 2.05) is 0 Å². The van der Waals surface area contributed by atoms with E-state index < -0.39 is 7.12 Å². The lowest BCUT2D eigenvalue weighted by atomic mass is 9.43. The van der Waals surface area contributed by atoms with Crippen molar-refractivity contribution in [3.8, 4) is 0 Å². The minimum absolute atomic E-state index is 0. The molecule has 1 heterocycles. The van der Waals surface area contributed by atoms with Crippen molar-refractivity contribution >= 4 is 19.5 Å². The first-order valence-corrected chi connectivity index (χ1v) is 8.16. The van der Waals surface area contributed by atoms with Crippen LogP contribution in [0.1, 0.15) is 45.1 Å². The highest BCUT2D eigenvalue weighted by Crippen LogP contribution is 2.65. The molecule has 0 amide bonds. The fourth-order valence-electron chi connectivity index (χ4n) is 4.89. The highest BCUT2D eigenvalue weighted by Gasteiger charge is 2.68. The molecule has 1 saturated heterocycles. The van der Waals surface area contributed by atoms with Crippen LogP contribution in [0.5, 0.6) is 0 Å². The lowest BCUT2D eigenvalue weighted by Crippen LogP contribution is -2.65. The van der Waals surface area contributed by atoms with E-state index in [9.17, 15) is 4.39 Å². The van der Waals surface area contributed by atoms with Crippen molar-refractivity contribution in [3.63, 3.8) is 0 Å². The van der Waals surface area contributed by atoms with E-state index in [1.165, 1.54) is 18.6 Å². The van der Waals surface area contributed by atoms with Gasteiger partial charge in [0.2, 0.25) is 0 Å². The van der Waals surface area contributed by atoms with Gasteiger partial charge in [0.25, 0.3) is 0 Å². The Morgan fingerprint density at radius 2 is 1.87 bits per heavy atom. The summed E-state index contributed by atoms with van der Waals surface area (Å²) in [5.41, 5.74) is 7.24. The highest BCUT2D eigenvalue weighted by atomic mass is 35.5.